The van der Waals surface area contributed by atoms with Gasteiger partial charge in [-0.3, -0.25) is 0 Å². The van der Waals surface area contributed by atoms with E-state index in [9.17, 15) is 19.2 Å². The third-order valence-corrected chi connectivity index (χ3v) is 5.79. The lowest BCUT2D eigenvalue weighted by Crippen LogP contribution is -2.41. The summed E-state index contributed by atoms with van der Waals surface area (Å²) in [4.78, 5) is 53.4. The Morgan fingerprint density at radius 1 is 0.838 bits per heavy atom. The van der Waals surface area contributed by atoms with E-state index in [2.05, 4.69) is 0 Å². The van der Waals surface area contributed by atoms with Crippen LogP contribution in [0.2, 0.25) is 0 Å². The van der Waals surface area contributed by atoms with Crippen LogP contribution in [0.15, 0.2) is 83.6 Å². The van der Waals surface area contributed by atoms with Crippen molar-refractivity contribution in [2.24, 2.45) is 0 Å². The number of carbonyl (C=O) groups is 4. The molecule has 1 aliphatic heterocycles. The first-order valence-electron chi connectivity index (χ1n) is 11.6. The van der Waals surface area contributed by atoms with Crippen LogP contribution in [-0.2, 0) is 44.7 Å². The molecule has 0 unspecified atom stereocenters. The largest absolute Gasteiger partial charge is 0.466 e. The van der Waals surface area contributed by atoms with Crippen LogP contribution in [0.4, 0.5) is 0 Å². The first-order valence-corrected chi connectivity index (χ1v) is 11.6. The van der Waals surface area contributed by atoms with Gasteiger partial charge < -0.3 is 23.8 Å². The van der Waals surface area contributed by atoms with Gasteiger partial charge in [0, 0.05) is 11.8 Å². The highest BCUT2D eigenvalue weighted by molar-refractivity contribution is 6.08. The van der Waals surface area contributed by atoms with Crippen molar-refractivity contribution in [1.82, 2.24) is 4.90 Å². The van der Waals surface area contributed by atoms with E-state index in [1.54, 1.807) is 44.2 Å². The highest BCUT2D eigenvalue weighted by Crippen LogP contribution is 2.44. The molecule has 0 saturated heterocycles. The van der Waals surface area contributed by atoms with E-state index < -0.39 is 36.0 Å². The Bertz CT molecular complexity index is 1200. The third-order valence-electron chi connectivity index (χ3n) is 5.79. The normalized spacial score (nSPS) is 17.3. The minimum Gasteiger partial charge on any atom is -0.466 e. The molecule has 3 rings (SSSR count). The van der Waals surface area contributed by atoms with Gasteiger partial charge in [0.2, 0.25) is 0 Å². The van der Waals surface area contributed by atoms with E-state index in [0.717, 1.165) is 12.7 Å². The Morgan fingerprint density at radius 2 is 1.41 bits per heavy atom. The molecule has 0 fully saturated rings. The predicted molar refractivity (Wildman–Crippen MR) is 132 cm³/mol. The number of hydrogen-bond donors (Lipinski definition) is 0. The molecule has 0 saturated carbocycles. The molecule has 1 heterocycles. The first-order chi connectivity index (χ1) is 17.8. The van der Waals surface area contributed by atoms with Crippen molar-refractivity contribution in [3.8, 4) is 0 Å². The number of nitrogens with zero attached hydrogens (tertiary/aromatic N) is 1. The Morgan fingerprint density at radius 3 is 1.97 bits per heavy atom. The summed E-state index contributed by atoms with van der Waals surface area (Å²) in [6, 6.07) is 15.6. The fourth-order valence-electron chi connectivity index (χ4n) is 4.22. The topological polar surface area (TPSA) is 108 Å². The zero-order valence-corrected chi connectivity index (χ0v) is 21.1. The molecule has 1 aliphatic rings. The van der Waals surface area contributed by atoms with Crippen molar-refractivity contribution < 1.29 is 38.1 Å². The molecular weight excluding hydrogens is 478 g/mol. The Hall–Kier alpha value is -4.40. The SMILES string of the molecule is CCOC(=O)[C@H]1C(C(=O)OC)=C(C(=O)OC)[C@H](c2ccccc2)N1/C(C)=C/C(=O)OCc1ccccc1. The molecule has 9 nitrogen and oxygen atoms in total. The fraction of sp³-hybridized carbons (Fsp3) is 0.286. The predicted octanol–water partition coefficient (Wildman–Crippen LogP) is 3.26. The summed E-state index contributed by atoms with van der Waals surface area (Å²) in [5.74, 6) is -3.15. The number of esters is 4. The second kappa shape index (κ2) is 12.5. The number of ether oxygens (including phenoxy) is 4. The highest BCUT2D eigenvalue weighted by atomic mass is 16.5. The fourth-order valence-corrected chi connectivity index (χ4v) is 4.22. The summed E-state index contributed by atoms with van der Waals surface area (Å²) >= 11 is 0. The summed E-state index contributed by atoms with van der Waals surface area (Å²) in [6.07, 6.45) is 1.21. The maximum atomic E-state index is 13.2. The van der Waals surface area contributed by atoms with Crippen LogP contribution in [0.1, 0.15) is 31.0 Å². The molecule has 2 atom stereocenters. The van der Waals surface area contributed by atoms with Crippen LogP contribution in [0.3, 0.4) is 0 Å². The quantitative estimate of drug-likeness (QED) is 0.287. The van der Waals surface area contributed by atoms with Gasteiger partial charge in [0.05, 0.1) is 38.0 Å². The number of carbonyl (C=O) groups excluding carboxylic acids is 4. The smallest absolute Gasteiger partial charge is 0.337 e. The monoisotopic (exact) mass is 507 g/mol. The van der Waals surface area contributed by atoms with Crippen molar-refractivity contribution >= 4 is 23.9 Å². The average molecular weight is 508 g/mol. The molecule has 0 radical (unpaired) electrons. The molecule has 194 valence electrons. The number of benzene rings is 2. The summed E-state index contributed by atoms with van der Waals surface area (Å²) < 4.78 is 20.6. The minimum atomic E-state index is -1.37. The van der Waals surface area contributed by atoms with Crippen LogP contribution < -0.4 is 0 Å². The molecule has 9 heteroatoms. The van der Waals surface area contributed by atoms with E-state index in [1.165, 1.54) is 18.1 Å². The Labute approximate surface area is 215 Å². The molecule has 0 amide bonds. The molecule has 0 bridgehead atoms. The van der Waals surface area contributed by atoms with Gasteiger partial charge in [-0.05, 0) is 25.0 Å². The highest BCUT2D eigenvalue weighted by Gasteiger charge is 2.51. The van der Waals surface area contributed by atoms with Crippen LogP contribution in [-0.4, -0.2) is 55.6 Å². The van der Waals surface area contributed by atoms with Gasteiger partial charge in [-0.25, -0.2) is 19.2 Å². The number of rotatable bonds is 9. The lowest BCUT2D eigenvalue weighted by Gasteiger charge is -2.33. The van der Waals surface area contributed by atoms with Crippen molar-refractivity contribution in [1.29, 1.82) is 0 Å². The standard InChI is InChI=1S/C28H29NO8/c1-5-36-28(33)25-23(27(32)35-4)22(26(31)34-3)24(20-14-10-7-11-15-20)29(25)18(2)16-21(30)37-17-19-12-8-6-9-13-19/h6-16,24-25H,5,17H2,1-4H3/b18-16+/t24-,25+/m0/s1. The van der Waals surface area contributed by atoms with E-state index in [4.69, 9.17) is 18.9 Å². The maximum Gasteiger partial charge on any atom is 0.337 e. The zero-order valence-electron chi connectivity index (χ0n) is 21.1. The van der Waals surface area contributed by atoms with E-state index in [-0.39, 0.29) is 30.1 Å². The van der Waals surface area contributed by atoms with Crippen LogP contribution in [0.25, 0.3) is 0 Å². The van der Waals surface area contributed by atoms with Crippen molar-refractivity contribution in [2.45, 2.75) is 32.5 Å². The van der Waals surface area contributed by atoms with Gasteiger partial charge in [-0.15, -0.1) is 0 Å². The molecule has 2 aromatic rings. The maximum absolute atomic E-state index is 13.2. The zero-order chi connectivity index (χ0) is 26.9. The second-order valence-electron chi connectivity index (χ2n) is 8.06. The van der Waals surface area contributed by atoms with E-state index >= 15 is 0 Å². The van der Waals surface area contributed by atoms with Crippen LogP contribution in [0.5, 0.6) is 0 Å². The Balaban J connectivity index is 2.12. The summed E-state index contributed by atoms with van der Waals surface area (Å²) in [5, 5.41) is 0. The number of allylic oxidation sites excluding steroid dienone is 1. The minimum absolute atomic E-state index is 0.0308. The van der Waals surface area contributed by atoms with Gasteiger partial charge in [0.25, 0.3) is 0 Å². The number of hydrogen-bond acceptors (Lipinski definition) is 9. The summed E-state index contributed by atoms with van der Waals surface area (Å²) in [7, 11) is 2.33. The summed E-state index contributed by atoms with van der Waals surface area (Å²) in [5.41, 5.74) is 1.36. The molecule has 0 aliphatic carbocycles. The molecular formula is C28H29NO8. The van der Waals surface area contributed by atoms with Crippen molar-refractivity contribution in [3.63, 3.8) is 0 Å². The van der Waals surface area contributed by atoms with Gasteiger partial charge in [0.15, 0.2) is 6.04 Å². The average Bonchev–Trinajstić information content (AvgIpc) is 3.28. The second-order valence-corrected chi connectivity index (χ2v) is 8.06. The van der Waals surface area contributed by atoms with Gasteiger partial charge in [0.1, 0.15) is 6.61 Å². The molecule has 37 heavy (non-hydrogen) atoms. The summed E-state index contributed by atoms with van der Waals surface area (Å²) in [6.45, 7) is 3.29. The molecule has 2 aromatic carbocycles. The van der Waals surface area contributed by atoms with Gasteiger partial charge in [-0.1, -0.05) is 60.7 Å². The Kier molecular flexibility index (Phi) is 9.21. The lowest BCUT2D eigenvalue weighted by atomic mass is 9.96. The van der Waals surface area contributed by atoms with Gasteiger partial charge in [-0.2, -0.15) is 0 Å². The van der Waals surface area contributed by atoms with Gasteiger partial charge >= 0.3 is 23.9 Å². The van der Waals surface area contributed by atoms with E-state index in [0.29, 0.717) is 5.56 Å². The first kappa shape index (κ1) is 27.2. The lowest BCUT2D eigenvalue weighted by molar-refractivity contribution is -0.150. The molecule has 0 aromatic heterocycles. The van der Waals surface area contributed by atoms with E-state index in [1.807, 2.05) is 30.3 Å². The molecule has 0 spiro atoms. The van der Waals surface area contributed by atoms with Crippen LogP contribution >= 0.6 is 0 Å². The number of methoxy groups -OCH3 is 2. The third kappa shape index (κ3) is 6.06. The molecule has 0 N–H and O–H groups in total. The van der Waals surface area contributed by atoms with Crippen molar-refractivity contribution in [3.05, 3.63) is 94.7 Å². The van der Waals surface area contributed by atoms with Crippen molar-refractivity contribution in [2.75, 3.05) is 20.8 Å². The van der Waals surface area contributed by atoms with Crippen LogP contribution in [0, 0.1) is 0 Å².